The second-order valence-electron chi connectivity index (χ2n) is 4.40. The van der Waals surface area contributed by atoms with Gasteiger partial charge >= 0.3 is 12.1 Å². The van der Waals surface area contributed by atoms with E-state index in [9.17, 15) is 18.0 Å². The summed E-state index contributed by atoms with van der Waals surface area (Å²) in [5.74, 6) is -2.27. The van der Waals surface area contributed by atoms with Gasteiger partial charge in [-0.3, -0.25) is 4.79 Å². The first-order chi connectivity index (χ1) is 8.77. The monoisotopic (exact) mass is 272 g/mol. The molecule has 0 spiro atoms. The Balaban J connectivity index is 2.38. The van der Waals surface area contributed by atoms with Gasteiger partial charge in [0.1, 0.15) is 5.58 Å². The fourth-order valence-corrected chi connectivity index (χ4v) is 1.89. The average molecular weight is 272 g/mol. The molecule has 1 heterocycles. The van der Waals surface area contributed by atoms with Crippen molar-refractivity contribution >= 4 is 16.9 Å². The van der Waals surface area contributed by atoms with Crippen LogP contribution < -0.4 is 0 Å². The smallest absolute Gasteiger partial charge is 0.449 e. The Bertz CT molecular complexity index is 613. The third-order valence-corrected chi connectivity index (χ3v) is 2.87. The van der Waals surface area contributed by atoms with E-state index in [2.05, 4.69) is 0 Å². The molecule has 1 atom stereocenters. The molecule has 2 aromatic rings. The third-order valence-electron chi connectivity index (χ3n) is 2.87. The second-order valence-corrected chi connectivity index (χ2v) is 4.40. The molecule has 0 fully saturated rings. The highest BCUT2D eigenvalue weighted by molar-refractivity contribution is 5.79. The summed E-state index contributed by atoms with van der Waals surface area (Å²) in [6.07, 6.45) is -4.60. The van der Waals surface area contributed by atoms with Crippen LogP contribution in [0.1, 0.15) is 30.6 Å². The van der Waals surface area contributed by atoms with Gasteiger partial charge in [-0.15, -0.1) is 0 Å². The molecule has 0 radical (unpaired) electrons. The molecule has 0 saturated heterocycles. The molecule has 0 aliphatic carbocycles. The van der Waals surface area contributed by atoms with Crippen LogP contribution in [-0.2, 0) is 11.0 Å². The van der Waals surface area contributed by atoms with Crippen LogP contribution >= 0.6 is 0 Å². The SMILES string of the molecule is CC(CC(=O)O)c1ccc2oc(C(F)(F)F)cc2c1. The molecular weight excluding hydrogens is 261 g/mol. The summed E-state index contributed by atoms with van der Waals surface area (Å²) >= 11 is 0. The summed E-state index contributed by atoms with van der Waals surface area (Å²) in [6, 6.07) is 5.46. The maximum Gasteiger partial charge on any atom is 0.449 e. The van der Waals surface area contributed by atoms with Crippen molar-refractivity contribution in [3.8, 4) is 0 Å². The normalized spacial score (nSPS) is 13.7. The molecule has 2 rings (SSSR count). The number of alkyl halides is 3. The van der Waals surface area contributed by atoms with E-state index in [0.717, 1.165) is 6.07 Å². The lowest BCUT2D eigenvalue weighted by molar-refractivity contribution is -0.152. The van der Waals surface area contributed by atoms with Gasteiger partial charge in [0.05, 0.1) is 6.42 Å². The summed E-state index contributed by atoms with van der Waals surface area (Å²) in [5, 5.41) is 9.02. The number of fused-ring (bicyclic) bond motifs is 1. The summed E-state index contributed by atoms with van der Waals surface area (Å²) < 4.78 is 42.2. The number of aliphatic carboxylic acids is 1. The fraction of sp³-hybridized carbons (Fsp3) is 0.308. The number of rotatable bonds is 3. The largest absolute Gasteiger partial charge is 0.481 e. The van der Waals surface area contributed by atoms with Crippen LogP contribution in [0.5, 0.6) is 0 Å². The van der Waals surface area contributed by atoms with Crippen LogP contribution in [-0.4, -0.2) is 11.1 Å². The maximum atomic E-state index is 12.5. The molecule has 0 aliphatic rings. The molecule has 1 N–H and O–H groups in total. The summed E-state index contributed by atoms with van der Waals surface area (Å²) in [6.45, 7) is 1.71. The number of carboxylic acid groups (broad SMARTS) is 1. The first-order valence-corrected chi connectivity index (χ1v) is 5.60. The van der Waals surface area contributed by atoms with Gasteiger partial charge in [-0.25, -0.2) is 0 Å². The van der Waals surface area contributed by atoms with Crippen molar-refractivity contribution in [3.05, 3.63) is 35.6 Å². The average Bonchev–Trinajstić information content (AvgIpc) is 2.69. The fourth-order valence-electron chi connectivity index (χ4n) is 1.89. The first-order valence-electron chi connectivity index (χ1n) is 5.60. The van der Waals surface area contributed by atoms with Gasteiger partial charge in [0, 0.05) is 5.39 Å². The minimum Gasteiger partial charge on any atom is -0.481 e. The van der Waals surface area contributed by atoms with E-state index in [0.29, 0.717) is 10.9 Å². The minimum absolute atomic E-state index is 0.0739. The number of halogens is 3. The first kappa shape index (κ1) is 13.5. The Morgan fingerprint density at radius 2 is 2.05 bits per heavy atom. The molecular formula is C13H11F3O3. The van der Waals surface area contributed by atoms with Gasteiger partial charge in [0.15, 0.2) is 0 Å². The van der Waals surface area contributed by atoms with E-state index >= 15 is 0 Å². The van der Waals surface area contributed by atoms with Crippen molar-refractivity contribution in [2.24, 2.45) is 0 Å². The van der Waals surface area contributed by atoms with Crippen LogP contribution in [0.25, 0.3) is 11.0 Å². The van der Waals surface area contributed by atoms with Gasteiger partial charge in [0.2, 0.25) is 5.76 Å². The van der Waals surface area contributed by atoms with Crippen LogP contribution in [0.2, 0.25) is 0 Å². The Kier molecular flexibility index (Phi) is 3.26. The van der Waals surface area contributed by atoms with Gasteiger partial charge in [0.25, 0.3) is 0 Å². The van der Waals surface area contributed by atoms with Crippen molar-refractivity contribution in [1.82, 2.24) is 0 Å². The van der Waals surface area contributed by atoms with Crippen LogP contribution in [0, 0.1) is 0 Å². The third kappa shape index (κ3) is 2.89. The molecule has 19 heavy (non-hydrogen) atoms. The maximum absolute atomic E-state index is 12.5. The van der Waals surface area contributed by atoms with E-state index in [1.807, 2.05) is 0 Å². The molecule has 3 nitrogen and oxygen atoms in total. The Morgan fingerprint density at radius 1 is 1.37 bits per heavy atom. The van der Waals surface area contributed by atoms with E-state index in [1.165, 1.54) is 12.1 Å². The predicted molar refractivity (Wildman–Crippen MR) is 61.9 cm³/mol. The van der Waals surface area contributed by atoms with Gasteiger partial charge < -0.3 is 9.52 Å². The zero-order chi connectivity index (χ0) is 14.2. The van der Waals surface area contributed by atoms with Gasteiger partial charge in [-0.05, 0) is 29.7 Å². The quantitative estimate of drug-likeness (QED) is 0.917. The number of furan rings is 1. The number of carboxylic acids is 1. The zero-order valence-electron chi connectivity index (χ0n) is 9.99. The lowest BCUT2D eigenvalue weighted by Gasteiger charge is -2.08. The van der Waals surface area contributed by atoms with Gasteiger partial charge in [-0.1, -0.05) is 13.0 Å². The summed E-state index contributed by atoms with van der Waals surface area (Å²) in [4.78, 5) is 10.6. The lowest BCUT2D eigenvalue weighted by Crippen LogP contribution is -2.02. The van der Waals surface area contributed by atoms with Crippen LogP contribution in [0.4, 0.5) is 13.2 Å². The predicted octanol–water partition coefficient (Wildman–Crippen LogP) is 4.03. The Labute approximate surface area is 106 Å². The van der Waals surface area contributed by atoms with E-state index in [1.54, 1.807) is 13.0 Å². The number of hydrogen-bond donors (Lipinski definition) is 1. The van der Waals surface area contributed by atoms with Crippen molar-refractivity contribution in [2.75, 3.05) is 0 Å². The number of carbonyl (C=O) groups is 1. The van der Waals surface area contributed by atoms with Gasteiger partial charge in [-0.2, -0.15) is 13.2 Å². The molecule has 6 heteroatoms. The summed E-state index contributed by atoms with van der Waals surface area (Å²) in [7, 11) is 0. The molecule has 1 aromatic heterocycles. The molecule has 0 amide bonds. The highest BCUT2D eigenvalue weighted by Gasteiger charge is 2.35. The van der Waals surface area contributed by atoms with Crippen molar-refractivity contribution < 1.29 is 27.5 Å². The highest BCUT2D eigenvalue weighted by Crippen LogP contribution is 2.34. The van der Waals surface area contributed by atoms with Crippen LogP contribution in [0.15, 0.2) is 28.7 Å². The lowest BCUT2D eigenvalue weighted by atomic mass is 9.97. The molecule has 1 unspecified atom stereocenters. The molecule has 102 valence electrons. The molecule has 1 aromatic carbocycles. The van der Waals surface area contributed by atoms with E-state index in [-0.39, 0.29) is 17.9 Å². The Hall–Kier alpha value is -1.98. The summed E-state index contributed by atoms with van der Waals surface area (Å²) in [5.41, 5.74) is 0.808. The van der Waals surface area contributed by atoms with Crippen molar-refractivity contribution in [1.29, 1.82) is 0 Å². The molecule has 0 aliphatic heterocycles. The zero-order valence-corrected chi connectivity index (χ0v) is 9.99. The molecule has 0 bridgehead atoms. The number of benzene rings is 1. The van der Waals surface area contributed by atoms with Crippen molar-refractivity contribution in [3.63, 3.8) is 0 Å². The Morgan fingerprint density at radius 3 is 2.63 bits per heavy atom. The second kappa shape index (κ2) is 4.60. The minimum atomic E-state index is -4.52. The standard InChI is InChI=1S/C13H11F3O3/c1-7(4-12(17)18)8-2-3-10-9(5-8)6-11(19-10)13(14,15)16/h2-3,5-7H,4H2,1H3,(H,17,18). The highest BCUT2D eigenvalue weighted by atomic mass is 19.4. The van der Waals surface area contributed by atoms with Crippen molar-refractivity contribution in [2.45, 2.75) is 25.4 Å². The van der Waals surface area contributed by atoms with E-state index in [4.69, 9.17) is 9.52 Å². The number of hydrogen-bond acceptors (Lipinski definition) is 2. The van der Waals surface area contributed by atoms with E-state index < -0.39 is 17.9 Å². The molecule has 0 saturated carbocycles. The topological polar surface area (TPSA) is 50.4 Å². The van der Waals surface area contributed by atoms with Crippen LogP contribution in [0.3, 0.4) is 0 Å².